The molecule has 0 radical (unpaired) electrons. The molecule has 0 saturated carbocycles. The monoisotopic (exact) mass is 257 g/mol. The summed E-state index contributed by atoms with van der Waals surface area (Å²) in [5.41, 5.74) is 0. The molecule has 5 heteroatoms. The molecule has 18 heavy (non-hydrogen) atoms. The lowest BCUT2D eigenvalue weighted by Crippen LogP contribution is -2.33. The highest BCUT2D eigenvalue weighted by atomic mass is 16.5. The molecule has 2 N–H and O–H groups in total. The van der Waals surface area contributed by atoms with E-state index < -0.39 is 11.9 Å². The van der Waals surface area contributed by atoms with Gasteiger partial charge in [-0.2, -0.15) is 0 Å². The number of nitrogens with one attached hydrogen (secondary N) is 1. The molecule has 0 aromatic rings. The standard InChI is InChI=1S/C13H23NO4/c1-2-3-11(13(16)17)8-14-12(15)5-4-10-6-7-18-9-10/h10-11H,2-9H2,1H3,(H,14,15)(H,16,17). The number of aliphatic carboxylic acids is 1. The van der Waals surface area contributed by atoms with E-state index in [1.807, 2.05) is 6.92 Å². The Morgan fingerprint density at radius 3 is 2.83 bits per heavy atom. The summed E-state index contributed by atoms with van der Waals surface area (Å²) < 4.78 is 5.24. The van der Waals surface area contributed by atoms with Gasteiger partial charge in [0.25, 0.3) is 0 Å². The molecule has 104 valence electrons. The molecule has 2 unspecified atom stereocenters. The number of ether oxygens (including phenoxy) is 1. The van der Waals surface area contributed by atoms with E-state index in [0.717, 1.165) is 32.5 Å². The summed E-state index contributed by atoms with van der Waals surface area (Å²) in [5.74, 6) is -0.860. The normalized spacial score (nSPS) is 20.6. The second kappa shape index (κ2) is 8.08. The molecule has 1 amide bonds. The predicted molar refractivity (Wildman–Crippen MR) is 67.2 cm³/mol. The Balaban J connectivity index is 2.16. The minimum Gasteiger partial charge on any atom is -0.481 e. The Kier molecular flexibility index (Phi) is 6.72. The molecule has 0 aliphatic carbocycles. The average Bonchev–Trinajstić information content (AvgIpc) is 2.84. The fraction of sp³-hybridized carbons (Fsp3) is 0.846. The van der Waals surface area contributed by atoms with E-state index in [2.05, 4.69) is 5.32 Å². The van der Waals surface area contributed by atoms with E-state index >= 15 is 0 Å². The lowest BCUT2D eigenvalue weighted by Gasteiger charge is -2.13. The second-order valence-corrected chi connectivity index (χ2v) is 4.90. The van der Waals surface area contributed by atoms with Gasteiger partial charge in [-0.25, -0.2) is 0 Å². The van der Waals surface area contributed by atoms with Gasteiger partial charge in [-0.3, -0.25) is 9.59 Å². The quantitative estimate of drug-likeness (QED) is 0.689. The zero-order valence-corrected chi connectivity index (χ0v) is 11.0. The zero-order valence-electron chi connectivity index (χ0n) is 11.0. The highest BCUT2D eigenvalue weighted by Gasteiger charge is 2.19. The fourth-order valence-electron chi connectivity index (χ4n) is 2.13. The molecule has 0 bridgehead atoms. The topological polar surface area (TPSA) is 75.6 Å². The fourth-order valence-corrected chi connectivity index (χ4v) is 2.13. The smallest absolute Gasteiger partial charge is 0.308 e. The van der Waals surface area contributed by atoms with Gasteiger partial charge in [0, 0.05) is 26.2 Å². The van der Waals surface area contributed by atoms with Gasteiger partial charge in [0.1, 0.15) is 0 Å². The van der Waals surface area contributed by atoms with E-state index in [1.165, 1.54) is 0 Å². The van der Waals surface area contributed by atoms with Crippen LogP contribution in [-0.2, 0) is 14.3 Å². The SMILES string of the molecule is CCCC(CNC(=O)CCC1CCOC1)C(=O)O. The van der Waals surface area contributed by atoms with Crippen LogP contribution in [0, 0.1) is 11.8 Å². The number of amides is 1. The summed E-state index contributed by atoms with van der Waals surface area (Å²) in [4.78, 5) is 22.5. The van der Waals surface area contributed by atoms with E-state index in [0.29, 0.717) is 18.8 Å². The largest absolute Gasteiger partial charge is 0.481 e. The minimum atomic E-state index is -0.832. The Labute approximate surface area is 108 Å². The van der Waals surface area contributed by atoms with Crippen LogP contribution in [0.25, 0.3) is 0 Å². The van der Waals surface area contributed by atoms with Gasteiger partial charge < -0.3 is 15.2 Å². The van der Waals surface area contributed by atoms with Crippen molar-refractivity contribution in [2.24, 2.45) is 11.8 Å². The van der Waals surface area contributed by atoms with Crippen molar-refractivity contribution in [2.45, 2.75) is 39.0 Å². The van der Waals surface area contributed by atoms with Crippen LogP contribution in [-0.4, -0.2) is 36.7 Å². The Bertz CT molecular complexity index is 274. The van der Waals surface area contributed by atoms with Crippen LogP contribution < -0.4 is 5.32 Å². The maximum absolute atomic E-state index is 11.6. The van der Waals surface area contributed by atoms with Crippen LogP contribution in [0.2, 0.25) is 0 Å². The van der Waals surface area contributed by atoms with Crippen LogP contribution in [0.5, 0.6) is 0 Å². The molecule has 5 nitrogen and oxygen atoms in total. The van der Waals surface area contributed by atoms with Crippen LogP contribution in [0.4, 0.5) is 0 Å². The first kappa shape index (κ1) is 15.0. The van der Waals surface area contributed by atoms with Gasteiger partial charge in [-0.05, 0) is 25.2 Å². The number of hydrogen-bond donors (Lipinski definition) is 2. The maximum Gasteiger partial charge on any atom is 0.308 e. The molecular weight excluding hydrogens is 234 g/mol. The van der Waals surface area contributed by atoms with Gasteiger partial charge in [0.05, 0.1) is 5.92 Å². The number of carbonyl (C=O) groups excluding carboxylic acids is 1. The lowest BCUT2D eigenvalue weighted by molar-refractivity contribution is -0.141. The Morgan fingerprint density at radius 1 is 1.50 bits per heavy atom. The number of hydrogen-bond acceptors (Lipinski definition) is 3. The van der Waals surface area contributed by atoms with Crippen LogP contribution in [0.3, 0.4) is 0 Å². The highest BCUT2D eigenvalue weighted by molar-refractivity contribution is 5.77. The first-order valence-electron chi connectivity index (χ1n) is 6.70. The summed E-state index contributed by atoms with van der Waals surface area (Å²) in [5, 5.41) is 11.7. The van der Waals surface area contributed by atoms with Gasteiger partial charge in [-0.1, -0.05) is 13.3 Å². The van der Waals surface area contributed by atoms with E-state index in [9.17, 15) is 9.59 Å². The number of carboxylic acid groups (broad SMARTS) is 1. The van der Waals surface area contributed by atoms with E-state index in [-0.39, 0.29) is 12.5 Å². The first-order chi connectivity index (χ1) is 8.63. The zero-order chi connectivity index (χ0) is 13.4. The van der Waals surface area contributed by atoms with Gasteiger partial charge >= 0.3 is 5.97 Å². The lowest BCUT2D eigenvalue weighted by atomic mass is 10.0. The Hall–Kier alpha value is -1.10. The minimum absolute atomic E-state index is 0.0516. The third-order valence-corrected chi connectivity index (χ3v) is 3.34. The second-order valence-electron chi connectivity index (χ2n) is 4.90. The maximum atomic E-state index is 11.6. The first-order valence-corrected chi connectivity index (χ1v) is 6.70. The predicted octanol–water partition coefficient (Wildman–Crippen LogP) is 1.42. The molecule has 1 saturated heterocycles. The van der Waals surface area contributed by atoms with Gasteiger partial charge in [0.2, 0.25) is 5.91 Å². The third kappa shape index (κ3) is 5.49. The van der Waals surface area contributed by atoms with E-state index in [1.54, 1.807) is 0 Å². The molecule has 1 aliphatic heterocycles. The number of carbonyl (C=O) groups is 2. The average molecular weight is 257 g/mol. The van der Waals surface area contributed by atoms with Crippen molar-refractivity contribution in [1.82, 2.24) is 5.32 Å². The molecule has 0 aromatic heterocycles. The third-order valence-electron chi connectivity index (χ3n) is 3.34. The van der Waals surface area contributed by atoms with Crippen molar-refractivity contribution < 1.29 is 19.4 Å². The summed E-state index contributed by atoms with van der Waals surface area (Å²) in [6, 6.07) is 0. The number of carboxylic acids is 1. The molecule has 1 heterocycles. The molecule has 0 aromatic carbocycles. The molecule has 0 spiro atoms. The van der Waals surface area contributed by atoms with Crippen LogP contribution in [0.1, 0.15) is 39.0 Å². The van der Waals surface area contributed by atoms with Crippen molar-refractivity contribution in [3.05, 3.63) is 0 Å². The Morgan fingerprint density at radius 2 is 2.28 bits per heavy atom. The van der Waals surface area contributed by atoms with Crippen molar-refractivity contribution in [1.29, 1.82) is 0 Å². The van der Waals surface area contributed by atoms with Gasteiger partial charge in [-0.15, -0.1) is 0 Å². The van der Waals surface area contributed by atoms with Crippen molar-refractivity contribution in [3.8, 4) is 0 Å². The number of rotatable bonds is 8. The summed E-state index contributed by atoms with van der Waals surface area (Å²) in [7, 11) is 0. The van der Waals surface area contributed by atoms with Crippen LogP contribution >= 0.6 is 0 Å². The molecule has 1 fully saturated rings. The van der Waals surface area contributed by atoms with Gasteiger partial charge in [0.15, 0.2) is 0 Å². The highest BCUT2D eigenvalue weighted by Crippen LogP contribution is 2.17. The summed E-state index contributed by atoms with van der Waals surface area (Å²) in [6.45, 7) is 3.73. The van der Waals surface area contributed by atoms with E-state index in [4.69, 9.17) is 9.84 Å². The van der Waals surface area contributed by atoms with Crippen LogP contribution in [0.15, 0.2) is 0 Å². The van der Waals surface area contributed by atoms with Crippen molar-refractivity contribution in [2.75, 3.05) is 19.8 Å². The van der Waals surface area contributed by atoms with Crippen molar-refractivity contribution >= 4 is 11.9 Å². The molecule has 1 aliphatic rings. The molecule has 2 atom stereocenters. The summed E-state index contributed by atoms with van der Waals surface area (Å²) >= 11 is 0. The summed E-state index contributed by atoms with van der Waals surface area (Å²) in [6.07, 6.45) is 3.74. The molecule has 1 rings (SSSR count). The van der Waals surface area contributed by atoms with Crippen molar-refractivity contribution in [3.63, 3.8) is 0 Å². The molecular formula is C13H23NO4.